The average molecular weight is 228 g/mol. The molecule has 1 amide bonds. The Balaban J connectivity index is 2.42. The third-order valence-electron chi connectivity index (χ3n) is 2.91. The smallest absolute Gasteiger partial charge is 0.407 e. The van der Waals surface area contributed by atoms with Crippen molar-refractivity contribution < 1.29 is 9.53 Å². The van der Waals surface area contributed by atoms with E-state index in [-0.39, 0.29) is 12.1 Å². The largest absolute Gasteiger partial charge is 0.444 e. The molecule has 0 radical (unpaired) electrons. The minimum Gasteiger partial charge on any atom is -0.444 e. The first-order valence-corrected chi connectivity index (χ1v) is 6.12. The molecule has 16 heavy (non-hydrogen) atoms. The van der Waals surface area contributed by atoms with Crippen molar-refractivity contribution in [3.8, 4) is 0 Å². The first-order valence-electron chi connectivity index (χ1n) is 6.12. The van der Waals surface area contributed by atoms with Gasteiger partial charge in [-0.3, -0.25) is 0 Å². The molecule has 1 saturated carbocycles. The molecule has 0 bridgehead atoms. The van der Waals surface area contributed by atoms with E-state index in [2.05, 4.69) is 5.32 Å². The number of nitrogens with one attached hydrogen (secondary N) is 1. The summed E-state index contributed by atoms with van der Waals surface area (Å²) in [6, 6.07) is 0.189. The average Bonchev–Trinajstić information content (AvgIpc) is 2.15. The summed E-state index contributed by atoms with van der Waals surface area (Å²) >= 11 is 0. The summed E-state index contributed by atoms with van der Waals surface area (Å²) in [5.74, 6) is 0.404. The van der Waals surface area contributed by atoms with Crippen LogP contribution in [0.5, 0.6) is 0 Å². The van der Waals surface area contributed by atoms with E-state index in [1.807, 2.05) is 20.8 Å². The van der Waals surface area contributed by atoms with E-state index in [9.17, 15) is 4.79 Å². The van der Waals surface area contributed by atoms with Gasteiger partial charge in [-0.25, -0.2) is 4.79 Å². The van der Waals surface area contributed by atoms with Crippen LogP contribution in [-0.2, 0) is 4.74 Å². The highest BCUT2D eigenvalue weighted by molar-refractivity contribution is 5.68. The number of hydrogen-bond acceptors (Lipinski definition) is 3. The fourth-order valence-corrected chi connectivity index (χ4v) is 2.14. The quantitative estimate of drug-likeness (QED) is 0.760. The van der Waals surface area contributed by atoms with Crippen LogP contribution < -0.4 is 11.1 Å². The molecule has 0 saturated heterocycles. The fourth-order valence-electron chi connectivity index (χ4n) is 2.14. The molecule has 1 rings (SSSR count). The number of carbonyl (C=O) groups is 1. The molecule has 0 aromatic rings. The van der Waals surface area contributed by atoms with Crippen molar-refractivity contribution in [2.24, 2.45) is 11.7 Å². The molecule has 2 atom stereocenters. The van der Waals surface area contributed by atoms with E-state index < -0.39 is 5.60 Å². The fraction of sp³-hybridized carbons (Fsp3) is 0.917. The minimum atomic E-state index is -0.434. The second-order valence-corrected chi connectivity index (χ2v) is 5.53. The molecule has 4 nitrogen and oxygen atoms in total. The molecule has 4 heteroatoms. The SMILES string of the molecule is CC(C)(C)OC(=O)NC1CCCCC1CN. The van der Waals surface area contributed by atoms with Crippen LogP contribution in [0.4, 0.5) is 4.79 Å². The lowest BCUT2D eigenvalue weighted by Crippen LogP contribution is -2.46. The maximum Gasteiger partial charge on any atom is 0.407 e. The molecule has 0 aromatic heterocycles. The van der Waals surface area contributed by atoms with Crippen molar-refractivity contribution in [3.63, 3.8) is 0 Å². The molecule has 94 valence electrons. The zero-order valence-corrected chi connectivity index (χ0v) is 10.6. The molecule has 0 aliphatic heterocycles. The summed E-state index contributed by atoms with van der Waals surface area (Å²) in [6.45, 7) is 6.25. The number of hydrogen-bond donors (Lipinski definition) is 2. The van der Waals surface area contributed by atoms with Gasteiger partial charge in [-0.05, 0) is 46.1 Å². The standard InChI is InChI=1S/C12H24N2O2/c1-12(2,3)16-11(15)14-10-7-5-4-6-9(10)8-13/h9-10H,4-8,13H2,1-3H3,(H,14,15). The highest BCUT2D eigenvalue weighted by atomic mass is 16.6. The lowest BCUT2D eigenvalue weighted by Gasteiger charge is -2.32. The molecule has 2 unspecified atom stereocenters. The Morgan fingerprint density at radius 2 is 2.00 bits per heavy atom. The van der Waals surface area contributed by atoms with Crippen molar-refractivity contribution in [1.82, 2.24) is 5.32 Å². The molecule has 3 N–H and O–H groups in total. The van der Waals surface area contributed by atoms with E-state index in [0.717, 1.165) is 19.3 Å². The van der Waals surface area contributed by atoms with Crippen molar-refractivity contribution >= 4 is 6.09 Å². The first kappa shape index (κ1) is 13.3. The first-order chi connectivity index (χ1) is 7.42. The molecule has 0 aromatic carbocycles. The van der Waals surface area contributed by atoms with Crippen LogP contribution in [0.25, 0.3) is 0 Å². The Morgan fingerprint density at radius 3 is 2.56 bits per heavy atom. The maximum atomic E-state index is 11.6. The second-order valence-electron chi connectivity index (χ2n) is 5.53. The summed E-state index contributed by atoms with van der Waals surface area (Å²) in [4.78, 5) is 11.6. The van der Waals surface area contributed by atoms with Crippen molar-refractivity contribution in [3.05, 3.63) is 0 Å². The monoisotopic (exact) mass is 228 g/mol. The van der Waals surface area contributed by atoms with E-state index in [1.54, 1.807) is 0 Å². The van der Waals surface area contributed by atoms with Gasteiger partial charge in [0.15, 0.2) is 0 Å². The minimum absolute atomic E-state index is 0.189. The van der Waals surface area contributed by atoms with Gasteiger partial charge in [0, 0.05) is 6.04 Å². The van der Waals surface area contributed by atoms with Crippen molar-refractivity contribution in [2.75, 3.05) is 6.54 Å². The van der Waals surface area contributed by atoms with Crippen LogP contribution in [0.1, 0.15) is 46.5 Å². The van der Waals surface area contributed by atoms with Crippen LogP contribution in [0.2, 0.25) is 0 Å². The van der Waals surface area contributed by atoms with Gasteiger partial charge in [0.05, 0.1) is 0 Å². The summed E-state index contributed by atoms with van der Waals surface area (Å²) in [5.41, 5.74) is 5.27. The van der Waals surface area contributed by atoms with Gasteiger partial charge in [-0.1, -0.05) is 12.8 Å². The lowest BCUT2D eigenvalue weighted by atomic mass is 9.85. The van der Waals surface area contributed by atoms with Crippen LogP contribution in [-0.4, -0.2) is 24.3 Å². The number of amides is 1. The summed E-state index contributed by atoms with van der Waals surface area (Å²) in [7, 11) is 0. The van der Waals surface area contributed by atoms with Crippen molar-refractivity contribution in [1.29, 1.82) is 0 Å². The third kappa shape index (κ3) is 4.39. The van der Waals surface area contributed by atoms with Gasteiger partial charge in [-0.2, -0.15) is 0 Å². The van der Waals surface area contributed by atoms with E-state index in [1.165, 1.54) is 6.42 Å². The summed E-state index contributed by atoms with van der Waals surface area (Å²) in [5, 5.41) is 2.94. The van der Waals surface area contributed by atoms with Crippen LogP contribution >= 0.6 is 0 Å². The highest BCUT2D eigenvalue weighted by Gasteiger charge is 2.27. The number of carbonyl (C=O) groups excluding carboxylic acids is 1. The summed E-state index contributed by atoms with van der Waals surface area (Å²) < 4.78 is 5.24. The Bertz CT molecular complexity index is 236. The van der Waals surface area contributed by atoms with E-state index >= 15 is 0 Å². The molecule has 1 fully saturated rings. The molecule has 1 aliphatic carbocycles. The number of rotatable bonds is 2. The molecular weight excluding hydrogens is 204 g/mol. The topological polar surface area (TPSA) is 64.3 Å². The zero-order chi connectivity index (χ0) is 12.2. The van der Waals surface area contributed by atoms with Crippen LogP contribution in [0.3, 0.4) is 0 Å². The van der Waals surface area contributed by atoms with Crippen molar-refractivity contribution in [2.45, 2.75) is 58.1 Å². The van der Waals surface area contributed by atoms with Gasteiger partial charge >= 0.3 is 6.09 Å². The van der Waals surface area contributed by atoms with Gasteiger partial charge in [0.2, 0.25) is 0 Å². The Kier molecular flexibility index (Phi) is 4.59. The highest BCUT2D eigenvalue weighted by Crippen LogP contribution is 2.23. The zero-order valence-electron chi connectivity index (χ0n) is 10.6. The van der Waals surface area contributed by atoms with E-state index in [0.29, 0.717) is 12.5 Å². The third-order valence-corrected chi connectivity index (χ3v) is 2.91. The maximum absolute atomic E-state index is 11.6. The van der Waals surface area contributed by atoms with Gasteiger partial charge < -0.3 is 15.8 Å². The predicted molar refractivity (Wildman–Crippen MR) is 64.2 cm³/mol. The van der Waals surface area contributed by atoms with Crippen LogP contribution in [0.15, 0.2) is 0 Å². The number of ether oxygens (including phenoxy) is 1. The van der Waals surface area contributed by atoms with Crippen LogP contribution in [0, 0.1) is 5.92 Å². The van der Waals surface area contributed by atoms with Gasteiger partial charge in [-0.15, -0.1) is 0 Å². The normalized spacial score (nSPS) is 26.2. The van der Waals surface area contributed by atoms with Gasteiger partial charge in [0.25, 0.3) is 0 Å². The predicted octanol–water partition coefficient (Wildman–Crippen LogP) is 2.03. The second kappa shape index (κ2) is 5.53. The Labute approximate surface area is 97.9 Å². The Hall–Kier alpha value is -0.770. The van der Waals surface area contributed by atoms with E-state index in [4.69, 9.17) is 10.5 Å². The number of nitrogens with two attached hydrogens (primary N) is 1. The molecule has 1 aliphatic rings. The number of alkyl carbamates (subject to hydrolysis) is 1. The van der Waals surface area contributed by atoms with Gasteiger partial charge in [0.1, 0.15) is 5.60 Å². The molecule has 0 heterocycles. The lowest BCUT2D eigenvalue weighted by molar-refractivity contribution is 0.0471. The molecular formula is C12H24N2O2. The molecule has 0 spiro atoms. The summed E-state index contributed by atoms with van der Waals surface area (Å²) in [6.07, 6.45) is 4.18. The Morgan fingerprint density at radius 1 is 1.38 bits per heavy atom.